The van der Waals surface area contributed by atoms with E-state index in [2.05, 4.69) is 41.4 Å². The Labute approximate surface area is 196 Å². The van der Waals surface area contributed by atoms with Crippen LogP contribution in [0.1, 0.15) is 24.1 Å². The molecule has 3 aromatic rings. The fourth-order valence-electron chi connectivity index (χ4n) is 4.78. The lowest BCUT2D eigenvalue weighted by Crippen LogP contribution is -2.51. The molecule has 1 aliphatic rings. The van der Waals surface area contributed by atoms with Crippen LogP contribution in [0, 0.1) is 5.41 Å². The van der Waals surface area contributed by atoms with E-state index in [1.807, 2.05) is 55.4 Å². The summed E-state index contributed by atoms with van der Waals surface area (Å²) < 4.78 is 0. The van der Waals surface area contributed by atoms with Gasteiger partial charge in [-0.05, 0) is 48.1 Å². The molecular weight excluding hydrogens is 410 g/mol. The van der Waals surface area contributed by atoms with Crippen LogP contribution in [-0.4, -0.2) is 53.8 Å². The number of pyridine rings is 1. The second kappa shape index (κ2) is 9.99. The Morgan fingerprint density at radius 1 is 0.909 bits per heavy atom. The summed E-state index contributed by atoms with van der Waals surface area (Å²) in [5.74, 6) is 0.218. The number of amides is 2. The number of hydrogen-bond donors (Lipinski definition) is 0. The Kier molecular flexibility index (Phi) is 6.87. The van der Waals surface area contributed by atoms with Gasteiger partial charge in [-0.25, -0.2) is 0 Å². The summed E-state index contributed by atoms with van der Waals surface area (Å²) in [6.45, 7) is 1.17. The van der Waals surface area contributed by atoms with Gasteiger partial charge >= 0.3 is 0 Å². The van der Waals surface area contributed by atoms with Crippen LogP contribution < -0.4 is 0 Å². The van der Waals surface area contributed by atoms with Crippen LogP contribution in [0.25, 0.3) is 11.1 Å². The Bertz CT molecular complexity index is 1090. The lowest BCUT2D eigenvalue weighted by atomic mass is 9.72. The summed E-state index contributed by atoms with van der Waals surface area (Å²) in [5.41, 5.74) is 3.76. The van der Waals surface area contributed by atoms with Crippen LogP contribution in [0.15, 0.2) is 79.0 Å². The number of aromatic nitrogens is 1. The Balaban J connectivity index is 1.50. The number of benzene rings is 2. The SMILES string of the molecule is CN(C)C(=O)C1(Cc2cccc(-c3ccccc3)c2)CCN(C(=O)Cc2ccccn2)CC1. The predicted molar refractivity (Wildman–Crippen MR) is 130 cm³/mol. The van der Waals surface area contributed by atoms with E-state index in [1.54, 1.807) is 11.1 Å². The Morgan fingerprint density at radius 3 is 2.27 bits per heavy atom. The topological polar surface area (TPSA) is 53.5 Å². The molecule has 170 valence electrons. The molecule has 33 heavy (non-hydrogen) atoms. The molecule has 2 heterocycles. The average molecular weight is 442 g/mol. The molecule has 5 heteroatoms. The molecule has 1 saturated heterocycles. The van der Waals surface area contributed by atoms with Crippen molar-refractivity contribution in [2.45, 2.75) is 25.7 Å². The summed E-state index contributed by atoms with van der Waals surface area (Å²) in [4.78, 5) is 34.1. The van der Waals surface area contributed by atoms with Crippen molar-refractivity contribution in [3.63, 3.8) is 0 Å². The summed E-state index contributed by atoms with van der Waals surface area (Å²) >= 11 is 0. The van der Waals surface area contributed by atoms with Gasteiger partial charge in [0.2, 0.25) is 11.8 Å². The van der Waals surface area contributed by atoms with Crippen molar-refractivity contribution < 1.29 is 9.59 Å². The predicted octanol–water partition coefficient (Wildman–Crippen LogP) is 4.23. The number of nitrogens with zero attached hydrogens (tertiary/aromatic N) is 3. The van der Waals surface area contributed by atoms with Gasteiger partial charge in [-0.2, -0.15) is 0 Å². The molecule has 1 aromatic heterocycles. The maximum Gasteiger partial charge on any atom is 0.228 e. The largest absolute Gasteiger partial charge is 0.348 e. The molecular formula is C28H31N3O2. The standard InChI is InChI=1S/C28H31N3O2/c1-30(2)27(33)28(21-22-9-8-12-24(19-22)23-10-4-3-5-11-23)14-17-31(18-15-28)26(32)20-25-13-6-7-16-29-25/h3-13,16,19H,14-15,17-18,20-21H2,1-2H3. The second-order valence-electron chi connectivity index (χ2n) is 9.10. The molecule has 0 atom stereocenters. The lowest BCUT2D eigenvalue weighted by Gasteiger charge is -2.42. The normalized spacial score (nSPS) is 15.2. The van der Waals surface area contributed by atoms with Crippen molar-refractivity contribution in [2.24, 2.45) is 5.41 Å². The molecule has 0 bridgehead atoms. The molecule has 2 amide bonds. The average Bonchev–Trinajstić information content (AvgIpc) is 2.85. The summed E-state index contributed by atoms with van der Waals surface area (Å²) in [6.07, 6.45) is 4.01. The van der Waals surface area contributed by atoms with Crippen LogP contribution >= 0.6 is 0 Å². The van der Waals surface area contributed by atoms with E-state index >= 15 is 0 Å². The number of likely N-dealkylation sites (tertiary alicyclic amines) is 1. The second-order valence-corrected chi connectivity index (χ2v) is 9.10. The summed E-state index contributed by atoms with van der Waals surface area (Å²) in [6, 6.07) is 24.4. The van der Waals surface area contributed by atoms with Gasteiger partial charge in [0.15, 0.2) is 0 Å². The molecule has 5 nitrogen and oxygen atoms in total. The highest BCUT2D eigenvalue weighted by molar-refractivity contribution is 5.84. The van der Waals surface area contributed by atoms with E-state index in [-0.39, 0.29) is 11.8 Å². The molecule has 0 unspecified atom stereocenters. The van der Waals surface area contributed by atoms with Crippen LogP contribution in [0.4, 0.5) is 0 Å². The molecule has 0 saturated carbocycles. The van der Waals surface area contributed by atoms with Crippen LogP contribution in [0.3, 0.4) is 0 Å². The third kappa shape index (κ3) is 5.30. The highest BCUT2D eigenvalue weighted by Crippen LogP contribution is 2.37. The van der Waals surface area contributed by atoms with Gasteiger partial charge in [-0.15, -0.1) is 0 Å². The van der Waals surface area contributed by atoms with E-state index in [0.29, 0.717) is 38.8 Å². The molecule has 0 spiro atoms. The van der Waals surface area contributed by atoms with Crippen molar-refractivity contribution in [3.8, 4) is 11.1 Å². The first-order valence-electron chi connectivity index (χ1n) is 11.5. The van der Waals surface area contributed by atoms with Crippen molar-refractivity contribution in [1.29, 1.82) is 0 Å². The quantitative estimate of drug-likeness (QED) is 0.575. The molecule has 0 aliphatic carbocycles. The maximum absolute atomic E-state index is 13.4. The fraction of sp³-hybridized carbons (Fsp3) is 0.321. The van der Waals surface area contributed by atoms with E-state index in [1.165, 1.54) is 5.56 Å². The van der Waals surface area contributed by atoms with Gasteiger partial charge in [0.25, 0.3) is 0 Å². The maximum atomic E-state index is 13.4. The summed E-state index contributed by atoms with van der Waals surface area (Å²) in [5, 5.41) is 0. The highest BCUT2D eigenvalue weighted by Gasteiger charge is 2.43. The smallest absolute Gasteiger partial charge is 0.228 e. The van der Waals surface area contributed by atoms with E-state index in [4.69, 9.17) is 0 Å². The first kappa shape index (κ1) is 22.7. The molecule has 1 aliphatic heterocycles. The summed E-state index contributed by atoms with van der Waals surface area (Å²) in [7, 11) is 3.64. The lowest BCUT2D eigenvalue weighted by molar-refractivity contribution is -0.146. The minimum absolute atomic E-state index is 0.0747. The Morgan fingerprint density at radius 2 is 1.61 bits per heavy atom. The highest BCUT2D eigenvalue weighted by atomic mass is 16.2. The van der Waals surface area contributed by atoms with Gasteiger partial charge in [-0.1, -0.05) is 60.7 Å². The number of carbonyl (C=O) groups excluding carboxylic acids is 2. The molecule has 0 radical (unpaired) electrons. The number of piperidine rings is 1. The van der Waals surface area contributed by atoms with Crippen molar-refractivity contribution >= 4 is 11.8 Å². The zero-order valence-corrected chi connectivity index (χ0v) is 19.4. The van der Waals surface area contributed by atoms with Crippen molar-refractivity contribution in [3.05, 3.63) is 90.3 Å². The molecule has 1 fully saturated rings. The third-order valence-electron chi connectivity index (χ3n) is 6.57. The third-order valence-corrected chi connectivity index (χ3v) is 6.57. The Hall–Kier alpha value is -3.47. The zero-order chi connectivity index (χ0) is 23.3. The van der Waals surface area contributed by atoms with Crippen molar-refractivity contribution in [1.82, 2.24) is 14.8 Å². The van der Waals surface area contributed by atoms with Crippen LogP contribution in [-0.2, 0) is 22.4 Å². The first-order chi connectivity index (χ1) is 16.0. The van der Waals surface area contributed by atoms with Gasteiger partial charge in [0.05, 0.1) is 11.8 Å². The van der Waals surface area contributed by atoms with Gasteiger partial charge < -0.3 is 9.80 Å². The van der Waals surface area contributed by atoms with Gasteiger partial charge in [0.1, 0.15) is 0 Å². The van der Waals surface area contributed by atoms with E-state index < -0.39 is 5.41 Å². The van der Waals surface area contributed by atoms with E-state index in [9.17, 15) is 9.59 Å². The molecule has 4 rings (SSSR count). The molecule has 0 N–H and O–H groups in total. The monoisotopic (exact) mass is 441 g/mol. The van der Waals surface area contributed by atoms with Crippen LogP contribution in [0.5, 0.6) is 0 Å². The fourth-order valence-corrected chi connectivity index (χ4v) is 4.78. The number of rotatable bonds is 6. The van der Waals surface area contributed by atoms with Crippen molar-refractivity contribution in [2.75, 3.05) is 27.2 Å². The minimum Gasteiger partial charge on any atom is -0.348 e. The number of carbonyl (C=O) groups is 2. The first-order valence-corrected chi connectivity index (χ1v) is 11.5. The van der Waals surface area contributed by atoms with Gasteiger partial charge in [0, 0.05) is 39.1 Å². The van der Waals surface area contributed by atoms with Crippen LogP contribution in [0.2, 0.25) is 0 Å². The zero-order valence-electron chi connectivity index (χ0n) is 19.4. The minimum atomic E-state index is -0.499. The molecule has 2 aromatic carbocycles. The van der Waals surface area contributed by atoms with E-state index in [0.717, 1.165) is 16.8 Å². The number of hydrogen-bond acceptors (Lipinski definition) is 3. The van der Waals surface area contributed by atoms with Gasteiger partial charge in [-0.3, -0.25) is 14.6 Å².